The number of hydrogen-bond donors (Lipinski definition) is 3. The van der Waals surface area contributed by atoms with Gasteiger partial charge in [0, 0.05) is 24.6 Å². The molecule has 0 radical (unpaired) electrons. The van der Waals surface area contributed by atoms with Crippen molar-refractivity contribution in [2.45, 2.75) is 6.42 Å². The summed E-state index contributed by atoms with van der Waals surface area (Å²) in [5.74, 6) is 5.05. The van der Waals surface area contributed by atoms with Gasteiger partial charge in [0.2, 0.25) is 5.91 Å². The molecule has 5 nitrogen and oxygen atoms in total. The lowest BCUT2D eigenvalue weighted by molar-refractivity contribution is -0.119. The van der Waals surface area contributed by atoms with Gasteiger partial charge in [-0.1, -0.05) is 17.9 Å². The Hall–Kier alpha value is -2.32. The van der Waals surface area contributed by atoms with E-state index < -0.39 is 0 Å². The fraction of sp³-hybridized carbons (Fsp3) is 0.286. The monoisotopic (exact) mass is 260 g/mol. The van der Waals surface area contributed by atoms with Crippen LogP contribution in [0.1, 0.15) is 22.3 Å². The van der Waals surface area contributed by atoms with Crippen LogP contribution in [0, 0.1) is 11.8 Å². The molecule has 5 heteroatoms. The summed E-state index contributed by atoms with van der Waals surface area (Å²) in [7, 11) is 1.51. The van der Waals surface area contributed by atoms with Crippen LogP contribution in [0.3, 0.4) is 0 Å². The smallest absolute Gasteiger partial charge is 0.251 e. The van der Waals surface area contributed by atoms with Crippen molar-refractivity contribution in [2.75, 3.05) is 20.2 Å². The van der Waals surface area contributed by atoms with Crippen LogP contribution in [0.2, 0.25) is 0 Å². The average Bonchev–Trinajstić information content (AvgIpc) is 2.45. The lowest BCUT2D eigenvalue weighted by Gasteiger charge is -2.04. The van der Waals surface area contributed by atoms with E-state index in [1.165, 1.54) is 7.05 Å². The summed E-state index contributed by atoms with van der Waals surface area (Å²) in [5, 5.41) is 13.6. The van der Waals surface area contributed by atoms with Crippen LogP contribution < -0.4 is 10.6 Å². The second-order valence-corrected chi connectivity index (χ2v) is 3.71. The van der Waals surface area contributed by atoms with Gasteiger partial charge in [-0.3, -0.25) is 9.59 Å². The number of aliphatic hydroxyl groups is 1. The Labute approximate surface area is 112 Å². The number of hydrogen-bond acceptors (Lipinski definition) is 3. The highest BCUT2D eigenvalue weighted by Gasteiger charge is 2.06. The first kappa shape index (κ1) is 14.7. The predicted molar refractivity (Wildman–Crippen MR) is 71.4 cm³/mol. The van der Waals surface area contributed by atoms with Gasteiger partial charge < -0.3 is 15.7 Å². The average molecular weight is 260 g/mol. The van der Waals surface area contributed by atoms with E-state index in [0.29, 0.717) is 17.5 Å². The Morgan fingerprint density at radius 3 is 2.84 bits per heavy atom. The third-order valence-corrected chi connectivity index (χ3v) is 2.28. The number of aliphatic hydroxyl groups excluding tert-OH is 1. The van der Waals surface area contributed by atoms with E-state index in [9.17, 15) is 9.59 Å². The Balaban J connectivity index is 2.68. The van der Waals surface area contributed by atoms with Gasteiger partial charge in [-0.05, 0) is 18.2 Å². The molecule has 0 aliphatic rings. The summed E-state index contributed by atoms with van der Waals surface area (Å²) in [4.78, 5) is 22.8. The minimum Gasteiger partial charge on any atom is -0.395 e. The van der Waals surface area contributed by atoms with Crippen molar-refractivity contribution in [2.24, 2.45) is 0 Å². The molecule has 0 saturated heterocycles. The number of benzene rings is 1. The van der Waals surface area contributed by atoms with Gasteiger partial charge in [0.15, 0.2) is 0 Å². The van der Waals surface area contributed by atoms with Crippen molar-refractivity contribution in [3.05, 3.63) is 35.4 Å². The zero-order chi connectivity index (χ0) is 14.1. The normalized spacial score (nSPS) is 9.16. The van der Waals surface area contributed by atoms with E-state index in [-0.39, 0.29) is 25.0 Å². The number of nitrogens with one attached hydrogen (secondary N) is 2. The molecule has 0 unspecified atom stereocenters. The van der Waals surface area contributed by atoms with Gasteiger partial charge in [0.05, 0.1) is 13.2 Å². The van der Waals surface area contributed by atoms with Gasteiger partial charge in [-0.15, -0.1) is 0 Å². The highest BCUT2D eigenvalue weighted by molar-refractivity contribution is 5.96. The van der Waals surface area contributed by atoms with E-state index in [0.717, 1.165) is 0 Å². The molecule has 1 rings (SSSR count). The number of carbonyl (C=O) groups is 2. The minimum atomic E-state index is -0.325. The lowest BCUT2D eigenvalue weighted by Crippen LogP contribution is -2.35. The predicted octanol–water partition coefficient (Wildman–Crippen LogP) is -0.104. The maximum absolute atomic E-state index is 11.8. The van der Waals surface area contributed by atoms with Crippen LogP contribution in [0.15, 0.2) is 24.3 Å². The van der Waals surface area contributed by atoms with Crippen LogP contribution in [0.25, 0.3) is 0 Å². The molecule has 0 heterocycles. The molecule has 0 aromatic heterocycles. The fourth-order valence-electron chi connectivity index (χ4n) is 1.31. The van der Waals surface area contributed by atoms with E-state index in [1.54, 1.807) is 24.3 Å². The van der Waals surface area contributed by atoms with Crippen molar-refractivity contribution in [1.29, 1.82) is 0 Å². The molecule has 19 heavy (non-hydrogen) atoms. The molecular weight excluding hydrogens is 244 g/mol. The molecular formula is C14H16N2O3. The van der Waals surface area contributed by atoms with Crippen molar-refractivity contribution in [1.82, 2.24) is 10.6 Å². The van der Waals surface area contributed by atoms with Crippen molar-refractivity contribution in [3.8, 4) is 11.8 Å². The Morgan fingerprint density at radius 1 is 1.37 bits per heavy atom. The van der Waals surface area contributed by atoms with Crippen molar-refractivity contribution in [3.63, 3.8) is 0 Å². The van der Waals surface area contributed by atoms with Gasteiger partial charge >= 0.3 is 0 Å². The highest BCUT2D eigenvalue weighted by atomic mass is 16.2. The molecule has 0 spiro atoms. The summed E-state index contributed by atoms with van der Waals surface area (Å²) >= 11 is 0. The molecule has 0 atom stereocenters. The summed E-state index contributed by atoms with van der Waals surface area (Å²) in [6.07, 6.45) is 0.396. The number of carbonyl (C=O) groups excluding carboxylic acids is 2. The summed E-state index contributed by atoms with van der Waals surface area (Å²) in [5.41, 5.74) is 1.14. The van der Waals surface area contributed by atoms with Gasteiger partial charge in [-0.25, -0.2) is 0 Å². The van der Waals surface area contributed by atoms with Crippen LogP contribution in [-0.4, -0.2) is 37.1 Å². The Kier molecular flexibility index (Phi) is 6.13. The first-order valence-electron chi connectivity index (χ1n) is 5.86. The Bertz CT molecular complexity index is 515. The summed E-state index contributed by atoms with van der Waals surface area (Å²) in [6, 6.07) is 6.79. The minimum absolute atomic E-state index is 0.0132. The first-order chi connectivity index (χ1) is 9.17. The SMILES string of the molecule is CNC(=O)CNC(=O)c1cccc(C#CCCO)c1. The van der Waals surface area contributed by atoms with E-state index >= 15 is 0 Å². The van der Waals surface area contributed by atoms with Gasteiger partial charge in [-0.2, -0.15) is 0 Å². The molecule has 0 aliphatic carbocycles. The molecule has 0 fully saturated rings. The number of likely N-dealkylation sites (N-methyl/N-ethyl adjacent to an activating group) is 1. The van der Waals surface area contributed by atoms with Gasteiger partial charge in [0.25, 0.3) is 5.91 Å². The van der Waals surface area contributed by atoms with Crippen LogP contribution >= 0.6 is 0 Å². The zero-order valence-corrected chi connectivity index (χ0v) is 10.7. The maximum atomic E-state index is 11.8. The van der Waals surface area contributed by atoms with Crippen LogP contribution in [0.5, 0.6) is 0 Å². The van der Waals surface area contributed by atoms with Crippen molar-refractivity contribution >= 4 is 11.8 Å². The highest BCUT2D eigenvalue weighted by Crippen LogP contribution is 2.04. The number of rotatable bonds is 4. The van der Waals surface area contributed by atoms with E-state index in [1.807, 2.05) is 0 Å². The second kappa shape index (κ2) is 7.90. The number of amides is 2. The molecule has 1 aromatic rings. The van der Waals surface area contributed by atoms with Gasteiger partial charge in [0.1, 0.15) is 0 Å². The van der Waals surface area contributed by atoms with Crippen LogP contribution in [0.4, 0.5) is 0 Å². The van der Waals surface area contributed by atoms with E-state index in [4.69, 9.17) is 5.11 Å². The van der Waals surface area contributed by atoms with Crippen LogP contribution in [-0.2, 0) is 4.79 Å². The maximum Gasteiger partial charge on any atom is 0.251 e. The standard InChI is InChI=1S/C14H16N2O3/c1-15-13(18)10-16-14(19)12-7-4-6-11(9-12)5-2-3-8-17/h4,6-7,9,17H,3,8,10H2,1H3,(H,15,18)(H,16,19). The third-order valence-electron chi connectivity index (χ3n) is 2.28. The van der Waals surface area contributed by atoms with Crippen molar-refractivity contribution < 1.29 is 14.7 Å². The molecule has 0 saturated carbocycles. The first-order valence-corrected chi connectivity index (χ1v) is 5.86. The zero-order valence-electron chi connectivity index (χ0n) is 10.7. The lowest BCUT2D eigenvalue weighted by atomic mass is 10.1. The molecule has 100 valence electrons. The quantitative estimate of drug-likeness (QED) is 0.661. The second-order valence-electron chi connectivity index (χ2n) is 3.71. The molecule has 3 N–H and O–H groups in total. The largest absolute Gasteiger partial charge is 0.395 e. The van der Waals surface area contributed by atoms with E-state index in [2.05, 4.69) is 22.5 Å². The molecule has 0 bridgehead atoms. The molecule has 0 aliphatic heterocycles. The molecule has 1 aromatic carbocycles. The molecule has 2 amide bonds. The topological polar surface area (TPSA) is 78.4 Å². The summed E-state index contributed by atoms with van der Waals surface area (Å²) in [6.45, 7) is -0.0466. The third kappa shape index (κ3) is 5.23. The fourth-order valence-corrected chi connectivity index (χ4v) is 1.31. The Morgan fingerprint density at radius 2 is 2.16 bits per heavy atom. The summed E-state index contributed by atoms with van der Waals surface area (Å²) < 4.78 is 0.